The summed E-state index contributed by atoms with van der Waals surface area (Å²) in [5, 5.41) is 13.1. The number of ether oxygens (including phenoxy) is 1. The molecule has 1 aromatic carbocycles. The maximum absolute atomic E-state index is 9.65. The molecule has 0 amide bonds. The van der Waals surface area contributed by atoms with Gasteiger partial charge in [0.2, 0.25) is 0 Å². The SMILES string of the molecule is COc1ccc(O)cc1[C@H]1NCCc2[nH]cnc21. The number of imidazole rings is 1. The fourth-order valence-corrected chi connectivity index (χ4v) is 2.42. The highest BCUT2D eigenvalue weighted by Crippen LogP contribution is 2.34. The van der Waals surface area contributed by atoms with Gasteiger partial charge in [-0.2, -0.15) is 0 Å². The van der Waals surface area contributed by atoms with Crippen molar-refractivity contribution >= 4 is 0 Å². The van der Waals surface area contributed by atoms with Crippen molar-refractivity contribution in [1.29, 1.82) is 0 Å². The Hall–Kier alpha value is -2.01. The summed E-state index contributed by atoms with van der Waals surface area (Å²) in [5.74, 6) is 0.983. The number of hydrogen-bond donors (Lipinski definition) is 3. The lowest BCUT2D eigenvalue weighted by molar-refractivity contribution is 0.398. The van der Waals surface area contributed by atoms with Crippen molar-refractivity contribution in [2.75, 3.05) is 13.7 Å². The number of phenolic OH excluding ortho intramolecular Hbond substituents is 1. The molecular formula is C13H15N3O2. The summed E-state index contributed by atoms with van der Waals surface area (Å²) >= 11 is 0. The summed E-state index contributed by atoms with van der Waals surface area (Å²) in [6.07, 6.45) is 2.65. The molecule has 0 unspecified atom stereocenters. The topological polar surface area (TPSA) is 70.2 Å². The van der Waals surface area contributed by atoms with E-state index in [1.807, 2.05) is 0 Å². The summed E-state index contributed by atoms with van der Waals surface area (Å²) in [6.45, 7) is 0.874. The third kappa shape index (κ3) is 1.73. The van der Waals surface area contributed by atoms with E-state index in [1.165, 1.54) is 0 Å². The van der Waals surface area contributed by atoms with Gasteiger partial charge in [0.1, 0.15) is 11.5 Å². The van der Waals surface area contributed by atoms with Crippen molar-refractivity contribution < 1.29 is 9.84 Å². The number of rotatable bonds is 2. The first kappa shape index (κ1) is 11.1. The van der Waals surface area contributed by atoms with Crippen LogP contribution in [0.1, 0.15) is 23.0 Å². The second-order valence-corrected chi connectivity index (χ2v) is 4.33. The first-order valence-electron chi connectivity index (χ1n) is 5.92. The second kappa shape index (κ2) is 4.34. The number of aromatic hydroxyl groups is 1. The van der Waals surface area contributed by atoms with Crippen LogP contribution in [-0.2, 0) is 6.42 Å². The Balaban J connectivity index is 2.09. The van der Waals surface area contributed by atoms with E-state index in [4.69, 9.17) is 4.74 Å². The smallest absolute Gasteiger partial charge is 0.124 e. The normalized spacial score (nSPS) is 18.4. The van der Waals surface area contributed by atoms with Gasteiger partial charge >= 0.3 is 0 Å². The number of benzene rings is 1. The number of nitrogens with zero attached hydrogens (tertiary/aromatic N) is 1. The molecule has 5 heteroatoms. The number of fused-ring (bicyclic) bond motifs is 1. The molecule has 0 saturated carbocycles. The average Bonchev–Trinajstić information content (AvgIpc) is 2.86. The predicted molar refractivity (Wildman–Crippen MR) is 66.8 cm³/mol. The molecule has 1 aliphatic heterocycles. The van der Waals surface area contributed by atoms with E-state index in [1.54, 1.807) is 31.6 Å². The fraction of sp³-hybridized carbons (Fsp3) is 0.308. The maximum atomic E-state index is 9.65. The van der Waals surface area contributed by atoms with Gasteiger partial charge in [-0.15, -0.1) is 0 Å². The number of aromatic nitrogens is 2. The molecule has 2 heterocycles. The third-order valence-electron chi connectivity index (χ3n) is 3.27. The first-order chi connectivity index (χ1) is 8.79. The molecule has 0 spiro atoms. The fourth-order valence-electron chi connectivity index (χ4n) is 2.42. The Morgan fingerprint density at radius 1 is 1.44 bits per heavy atom. The van der Waals surface area contributed by atoms with Gasteiger partial charge in [-0.05, 0) is 18.2 Å². The van der Waals surface area contributed by atoms with Crippen molar-refractivity contribution in [3.05, 3.63) is 41.5 Å². The highest BCUT2D eigenvalue weighted by atomic mass is 16.5. The Kier molecular flexibility index (Phi) is 2.68. The zero-order valence-electron chi connectivity index (χ0n) is 10.1. The zero-order valence-corrected chi connectivity index (χ0v) is 10.1. The number of hydrogen-bond acceptors (Lipinski definition) is 4. The van der Waals surface area contributed by atoms with Crippen LogP contribution in [0.25, 0.3) is 0 Å². The van der Waals surface area contributed by atoms with Crippen LogP contribution in [0, 0.1) is 0 Å². The molecule has 2 aromatic rings. The lowest BCUT2D eigenvalue weighted by Crippen LogP contribution is -2.31. The van der Waals surface area contributed by atoms with Gasteiger partial charge in [0, 0.05) is 24.2 Å². The van der Waals surface area contributed by atoms with Gasteiger partial charge in [-0.25, -0.2) is 4.98 Å². The molecule has 94 valence electrons. The van der Waals surface area contributed by atoms with E-state index in [9.17, 15) is 5.11 Å². The molecule has 1 aliphatic rings. The Morgan fingerprint density at radius 3 is 3.17 bits per heavy atom. The van der Waals surface area contributed by atoms with Crippen LogP contribution in [-0.4, -0.2) is 28.7 Å². The van der Waals surface area contributed by atoms with Gasteiger partial charge in [-0.1, -0.05) is 0 Å². The molecule has 0 saturated heterocycles. The van der Waals surface area contributed by atoms with Crippen LogP contribution < -0.4 is 10.1 Å². The summed E-state index contributed by atoms with van der Waals surface area (Å²) < 4.78 is 5.36. The minimum atomic E-state index is -0.0398. The number of nitrogens with one attached hydrogen (secondary N) is 2. The summed E-state index contributed by atoms with van der Waals surface area (Å²) in [6, 6.07) is 5.08. The van der Waals surface area contributed by atoms with Gasteiger partial charge in [0.05, 0.1) is 25.2 Å². The Bertz CT molecular complexity index is 565. The number of aromatic amines is 1. The second-order valence-electron chi connectivity index (χ2n) is 4.33. The molecule has 5 nitrogen and oxygen atoms in total. The Labute approximate surface area is 105 Å². The number of methoxy groups -OCH3 is 1. The molecule has 0 bridgehead atoms. The highest BCUT2D eigenvalue weighted by molar-refractivity contribution is 5.45. The van der Waals surface area contributed by atoms with Gasteiger partial charge < -0.3 is 20.1 Å². The van der Waals surface area contributed by atoms with Crippen molar-refractivity contribution in [3.63, 3.8) is 0 Å². The van der Waals surface area contributed by atoms with Crippen LogP contribution in [0.15, 0.2) is 24.5 Å². The molecule has 3 N–H and O–H groups in total. The maximum Gasteiger partial charge on any atom is 0.124 e. The van der Waals surface area contributed by atoms with Crippen LogP contribution in [0.5, 0.6) is 11.5 Å². The van der Waals surface area contributed by atoms with Gasteiger partial charge in [-0.3, -0.25) is 0 Å². The van der Waals surface area contributed by atoms with Crippen LogP contribution in [0.2, 0.25) is 0 Å². The van der Waals surface area contributed by atoms with Crippen LogP contribution in [0.3, 0.4) is 0 Å². The zero-order chi connectivity index (χ0) is 12.5. The molecule has 1 atom stereocenters. The van der Waals surface area contributed by atoms with Crippen molar-refractivity contribution in [1.82, 2.24) is 15.3 Å². The highest BCUT2D eigenvalue weighted by Gasteiger charge is 2.26. The molecule has 0 aliphatic carbocycles. The van der Waals surface area contributed by atoms with E-state index >= 15 is 0 Å². The van der Waals surface area contributed by atoms with Crippen molar-refractivity contribution in [2.45, 2.75) is 12.5 Å². The predicted octanol–water partition coefficient (Wildman–Crippen LogP) is 1.36. The van der Waals surface area contributed by atoms with E-state index in [0.717, 1.165) is 35.7 Å². The minimum Gasteiger partial charge on any atom is -0.508 e. The Morgan fingerprint density at radius 2 is 2.33 bits per heavy atom. The molecule has 1 aromatic heterocycles. The number of phenols is 1. The summed E-state index contributed by atoms with van der Waals surface area (Å²) in [7, 11) is 1.63. The van der Waals surface area contributed by atoms with E-state index in [2.05, 4.69) is 15.3 Å². The standard InChI is InChI=1S/C13H15N3O2/c1-18-11-3-2-8(17)6-9(11)12-13-10(4-5-14-12)15-7-16-13/h2-3,6-7,12,14,17H,4-5H2,1H3,(H,15,16)/t12-/m1/s1. The lowest BCUT2D eigenvalue weighted by atomic mass is 9.97. The largest absolute Gasteiger partial charge is 0.508 e. The van der Waals surface area contributed by atoms with E-state index in [0.29, 0.717) is 0 Å². The summed E-state index contributed by atoms with van der Waals surface area (Å²) in [4.78, 5) is 7.52. The van der Waals surface area contributed by atoms with E-state index < -0.39 is 0 Å². The average molecular weight is 245 g/mol. The third-order valence-corrected chi connectivity index (χ3v) is 3.27. The molecule has 0 fully saturated rings. The van der Waals surface area contributed by atoms with Gasteiger partial charge in [0.25, 0.3) is 0 Å². The number of H-pyrrole nitrogens is 1. The molecule has 0 radical (unpaired) electrons. The monoisotopic (exact) mass is 245 g/mol. The lowest BCUT2D eigenvalue weighted by Gasteiger charge is -2.24. The van der Waals surface area contributed by atoms with Crippen LogP contribution >= 0.6 is 0 Å². The molecular weight excluding hydrogens is 230 g/mol. The van der Waals surface area contributed by atoms with Crippen LogP contribution in [0.4, 0.5) is 0 Å². The minimum absolute atomic E-state index is 0.0398. The van der Waals surface area contributed by atoms with Crippen molar-refractivity contribution in [2.24, 2.45) is 0 Å². The van der Waals surface area contributed by atoms with Crippen molar-refractivity contribution in [3.8, 4) is 11.5 Å². The van der Waals surface area contributed by atoms with E-state index in [-0.39, 0.29) is 11.8 Å². The van der Waals surface area contributed by atoms with Gasteiger partial charge in [0.15, 0.2) is 0 Å². The molecule has 3 rings (SSSR count). The first-order valence-corrected chi connectivity index (χ1v) is 5.92. The quantitative estimate of drug-likeness (QED) is 0.747. The summed E-state index contributed by atoms with van der Waals surface area (Å²) in [5.41, 5.74) is 3.03. The molecule has 18 heavy (non-hydrogen) atoms.